The Morgan fingerprint density at radius 3 is 1.21 bits per heavy atom. The molecular weight excluding hydrogens is 520 g/mol. The number of rotatable bonds is 8. The van der Waals surface area contributed by atoms with Gasteiger partial charge in [0.25, 0.3) is 0 Å². The lowest BCUT2D eigenvalue weighted by Gasteiger charge is -2.33. The Kier molecular flexibility index (Phi) is 9.70. The maximum Gasteiger partial charge on any atom is 0.127 e. The molecule has 0 spiro atoms. The molecule has 0 aromatic heterocycles. The Bertz CT molecular complexity index is 1550. The van der Waals surface area contributed by atoms with Crippen LogP contribution in [0.25, 0.3) is 36.5 Å². The van der Waals surface area contributed by atoms with Gasteiger partial charge in [-0.05, 0) is 70.9 Å². The summed E-state index contributed by atoms with van der Waals surface area (Å²) in [6.07, 6.45) is 25.8. The van der Waals surface area contributed by atoms with Gasteiger partial charge >= 0.3 is 0 Å². The van der Waals surface area contributed by atoms with Crippen molar-refractivity contribution in [3.8, 4) is 5.75 Å². The fourth-order valence-electron chi connectivity index (χ4n) is 7.23. The van der Waals surface area contributed by atoms with E-state index in [-0.39, 0.29) is 0 Å². The molecule has 0 atom stereocenters. The molecule has 4 aromatic rings. The average Bonchev–Trinajstić information content (AvgIpc) is 3.08. The van der Waals surface area contributed by atoms with Crippen molar-refractivity contribution in [2.75, 3.05) is 0 Å². The topological polar surface area (TPSA) is 20.2 Å². The molecule has 43 heavy (non-hydrogen) atoms. The van der Waals surface area contributed by atoms with Crippen molar-refractivity contribution in [1.29, 1.82) is 0 Å². The highest BCUT2D eigenvalue weighted by atomic mass is 16.3. The van der Waals surface area contributed by atoms with Gasteiger partial charge in [-0.3, -0.25) is 0 Å². The standard InChI is InChI=1S/C42H44O/c43-42-39(31-28-34-20-10-3-11-21-34)37(29-26-32-16-6-1-7-17-32)38(30-27-33-18-8-2-9-19-33)40(35-22-12-4-13-23-35)41(42)36-24-14-5-15-25-36/h1-3,6-11,16-21,26-31,35-36,43H,4-5,12-15,22-25H2/b29-26+,30-27+,31-28+. The highest BCUT2D eigenvalue weighted by molar-refractivity contribution is 5.90. The van der Waals surface area contributed by atoms with Gasteiger partial charge in [0, 0.05) is 11.1 Å². The van der Waals surface area contributed by atoms with Crippen LogP contribution < -0.4 is 0 Å². The third-order valence-corrected chi connectivity index (χ3v) is 9.42. The summed E-state index contributed by atoms with van der Waals surface area (Å²) >= 11 is 0. The first-order valence-electron chi connectivity index (χ1n) is 16.4. The van der Waals surface area contributed by atoms with E-state index < -0.39 is 0 Å². The number of benzene rings is 4. The van der Waals surface area contributed by atoms with Crippen molar-refractivity contribution < 1.29 is 5.11 Å². The van der Waals surface area contributed by atoms with Crippen molar-refractivity contribution in [3.63, 3.8) is 0 Å². The molecule has 1 heteroatoms. The average molecular weight is 565 g/mol. The van der Waals surface area contributed by atoms with Gasteiger partial charge in [0.15, 0.2) is 0 Å². The summed E-state index contributed by atoms with van der Waals surface area (Å²) in [5.74, 6) is 1.39. The summed E-state index contributed by atoms with van der Waals surface area (Å²) in [5.41, 5.74) is 9.48. The first-order valence-corrected chi connectivity index (χ1v) is 16.4. The highest BCUT2D eigenvalue weighted by Crippen LogP contribution is 2.50. The maximum absolute atomic E-state index is 12.4. The number of phenolic OH excluding ortho intramolecular Hbond substituents is 1. The second-order valence-electron chi connectivity index (χ2n) is 12.3. The molecule has 4 aromatic carbocycles. The molecule has 0 aliphatic heterocycles. The van der Waals surface area contributed by atoms with E-state index in [2.05, 4.69) is 127 Å². The summed E-state index contributed by atoms with van der Waals surface area (Å²) in [4.78, 5) is 0. The van der Waals surface area contributed by atoms with Crippen LogP contribution in [0.4, 0.5) is 0 Å². The third kappa shape index (κ3) is 7.11. The minimum atomic E-state index is 0.408. The summed E-state index contributed by atoms with van der Waals surface area (Å²) < 4.78 is 0. The van der Waals surface area contributed by atoms with Crippen LogP contribution in [0.2, 0.25) is 0 Å². The van der Waals surface area contributed by atoms with Gasteiger partial charge in [0.1, 0.15) is 5.75 Å². The predicted octanol–water partition coefficient (Wildman–Crippen LogP) is 12.0. The monoisotopic (exact) mass is 564 g/mol. The molecule has 2 aliphatic carbocycles. The van der Waals surface area contributed by atoms with E-state index in [9.17, 15) is 5.11 Å². The number of hydrogen-bond acceptors (Lipinski definition) is 1. The Morgan fingerprint density at radius 2 is 0.767 bits per heavy atom. The number of aromatic hydroxyl groups is 1. The Morgan fingerprint density at radius 1 is 0.395 bits per heavy atom. The van der Waals surface area contributed by atoms with E-state index in [1.54, 1.807) is 0 Å². The fraction of sp³-hybridized carbons (Fsp3) is 0.286. The molecule has 1 nitrogen and oxygen atoms in total. The molecule has 0 unspecified atom stereocenters. The zero-order valence-corrected chi connectivity index (χ0v) is 25.3. The second-order valence-corrected chi connectivity index (χ2v) is 12.3. The maximum atomic E-state index is 12.4. The van der Waals surface area contributed by atoms with Crippen LogP contribution >= 0.6 is 0 Å². The van der Waals surface area contributed by atoms with Gasteiger partial charge in [0.2, 0.25) is 0 Å². The van der Waals surface area contributed by atoms with Crippen LogP contribution in [0, 0.1) is 0 Å². The van der Waals surface area contributed by atoms with E-state index in [1.165, 1.54) is 73.6 Å². The molecule has 2 fully saturated rings. The van der Waals surface area contributed by atoms with Crippen molar-refractivity contribution >= 4 is 36.5 Å². The van der Waals surface area contributed by atoms with Gasteiger partial charge in [-0.25, -0.2) is 0 Å². The van der Waals surface area contributed by atoms with E-state index in [4.69, 9.17) is 0 Å². The smallest absolute Gasteiger partial charge is 0.127 e. The Hall–Kier alpha value is -4.10. The summed E-state index contributed by atoms with van der Waals surface area (Å²) in [5, 5.41) is 12.4. The molecule has 2 saturated carbocycles. The quantitative estimate of drug-likeness (QED) is 0.211. The van der Waals surface area contributed by atoms with Gasteiger partial charge < -0.3 is 5.11 Å². The number of phenols is 1. The van der Waals surface area contributed by atoms with Crippen LogP contribution in [0.1, 0.15) is 121 Å². The zero-order chi connectivity index (χ0) is 29.3. The van der Waals surface area contributed by atoms with Crippen LogP contribution in [0.5, 0.6) is 5.75 Å². The largest absolute Gasteiger partial charge is 0.507 e. The fourth-order valence-corrected chi connectivity index (χ4v) is 7.23. The summed E-state index contributed by atoms with van der Waals surface area (Å²) in [6.45, 7) is 0. The van der Waals surface area contributed by atoms with Crippen molar-refractivity contribution in [2.24, 2.45) is 0 Å². The molecule has 0 radical (unpaired) electrons. The second kappa shape index (κ2) is 14.4. The minimum absolute atomic E-state index is 0.408. The number of hydrogen-bond donors (Lipinski definition) is 1. The van der Waals surface area contributed by atoms with Crippen LogP contribution in [-0.2, 0) is 0 Å². The Labute approximate surface area is 258 Å². The van der Waals surface area contributed by atoms with Gasteiger partial charge in [-0.15, -0.1) is 0 Å². The van der Waals surface area contributed by atoms with Crippen molar-refractivity contribution in [3.05, 3.63) is 136 Å². The first-order chi connectivity index (χ1) is 21.3. The van der Waals surface area contributed by atoms with E-state index >= 15 is 0 Å². The molecule has 1 N–H and O–H groups in total. The van der Waals surface area contributed by atoms with Gasteiger partial charge in [-0.2, -0.15) is 0 Å². The van der Waals surface area contributed by atoms with Crippen LogP contribution in [-0.4, -0.2) is 5.11 Å². The third-order valence-electron chi connectivity index (χ3n) is 9.42. The van der Waals surface area contributed by atoms with Crippen LogP contribution in [0.3, 0.4) is 0 Å². The van der Waals surface area contributed by atoms with Gasteiger partial charge in [0.05, 0.1) is 0 Å². The van der Waals surface area contributed by atoms with Crippen molar-refractivity contribution in [1.82, 2.24) is 0 Å². The minimum Gasteiger partial charge on any atom is -0.507 e. The molecule has 0 saturated heterocycles. The molecule has 0 heterocycles. The molecule has 0 amide bonds. The SMILES string of the molecule is Oc1c(/C=C/c2ccccc2)c(/C=C/c2ccccc2)c(/C=C/c2ccccc2)c(C2CCCCC2)c1C1CCCCC1. The molecular formula is C42H44O. The zero-order valence-electron chi connectivity index (χ0n) is 25.3. The normalized spacial score (nSPS) is 16.9. The predicted molar refractivity (Wildman–Crippen MR) is 186 cm³/mol. The summed E-state index contributed by atoms with van der Waals surface area (Å²) in [7, 11) is 0. The lowest BCUT2D eigenvalue weighted by Crippen LogP contribution is -2.16. The molecule has 2 aliphatic rings. The Balaban J connectivity index is 1.62. The highest BCUT2D eigenvalue weighted by Gasteiger charge is 2.31. The van der Waals surface area contributed by atoms with Crippen LogP contribution in [0.15, 0.2) is 91.0 Å². The lowest BCUT2D eigenvalue weighted by atomic mass is 9.71. The van der Waals surface area contributed by atoms with Gasteiger partial charge in [-0.1, -0.05) is 166 Å². The van der Waals surface area contributed by atoms with E-state index in [0.717, 1.165) is 35.1 Å². The summed E-state index contributed by atoms with van der Waals surface area (Å²) in [6, 6.07) is 31.6. The van der Waals surface area contributed by atoms with Crippen molar-refractivity contribution in [2.45, 2.75) is 76.0 Å². The lowest BCUT2D eigenvalue weighted by molar-refractivity contribution is 0.396. The molecule has 6 rings (SSSR count). The molecule has 0 bridgehead atoms. The first kappa shape index (κ1) is 29.0. The molecule has 218 valence electrons. The van der Waals surface area contributed by atoms with E-state index in [1.807, 2.05) is 0 Å². The van der Waals surface area contributed by atoms with E-state index in [0.29, 0.717) is 17.6 Å².